The molecule has 0 aliphatic rings. The van der Waals surface area contributed by atoms with Gasteiger partial charge in [-0.2, -0.15) is 0 Å². The monoisotopic (exact) mass is 231 g/mol. The Morgan fingerprint density at radius 3 is 2.82 bits per heavy atom. The Morgan fingerprint density at radius 1 is 1.35 bits per heavy atom. The lowest BCUT2D eigenvalue weighted by Crippen LogP contribution is -2.15. The second kappa shape index (κ2) is 5.37. The van der Waals surface area contributed by atoms with Crippen LogP contribution in [-0.2, 0) is 0 Å². The molecule has 1 heterocycles. The first kappa shape index (κ1) is 12.2. The number of hydrogen-bond donors (Lipinski definition) is 1. The Morgan fingerprint density at radius 2 is 2.18 bits per heavy atom. The van der Waals surface area contributed by atoms with Gasteiger partial charge in [0.25, 0.3) is 0 Å². The number of hydrogen-bond acceptors (Lipinski definition) is 2. The summed E-state index contributed by atoms with van der Waals surface area (Å²) in [6.45, 7) is 4.31. The molecule has 0 amide bonds. The molecular weight excluding hydrogens is 210 g/mol. The van der Waals surface area contributed by atoms with Crippen molar-refractivity contribution >= 4 is 11.0 Å². The van der Waals surface area contributed by atoms with E-state index in [1.807, 2.05) is 7.05 Å². The van der Waals surface area contributed by atoms with Gasteiger partial charge >= 0.3 is 0 Å². The van der Waals surface area contributed by atoms with Crippen molar-refractivity contribution in [1.82, 2.24) is 5.32 Å². The van der Waals surface area contributed by atoms with Crippen LogP contribution in [-0.4, -0.2) is 7.05 Å². The predicted molar refractivity (Wildman–Crippen MR) is 72.3 cm³/mol. The number of benzene rings is 1. The van der Waals surface area contributed by atoms with Gasteiger partial charge in [0.05, 0.1) is 6.04 Å². The maximum Gasteiger partial charge on any atom is 0.137 e. The molecule has 0 saturated heterocycles. The summed E-state index contributed by atoms with van der Waals surface area (Å²) >= 11 is 0. The fourth-order valence-corrected chi connectivity index (χ4v) is 2.24. The lowest BCUT2D eigenvalue weighted by Gasteiger charge is -2.12. The molecule has 2 aromatic rings. The van der Waals surface area contributed by atoms with Crippen LogP contribution in [0, 0.1) is 6.92 Å². The topological polar surface area (TPSA) is 25.2 Å². The quantitative estimate of drug-likeness (QED) is 0.834. The van der Waals surface area contributed by atoms with Gasteiger partial charge in [0.2, 0.25) is 0 Å². The van der Waals surface area contributed by atoms with Crippen LogP contribution in [0.25, 0.3) is 11.0 Å². The lowest BCUT2D eigenvalue weighted by atomic mass is 10.1. The molecule has 1 aromatic heterocycles. The summed E-state index contributed by atoms with van der Waals surface area (Å²) in [7, 11) is 2.00. The highest BCUT2D eigenvalue weighted by molar-refractivity contribution is 5.80. The molecule has 1 N–H and O–H groups in total. The van der Waals surface area contributed by atoms with Crippen molar-refractivity contribution in [2.45, 2.75) is 39.2 Å². The highest BCUT2D eigenvalue weighted by atomic mass is 16.3. The molecule has 1 unspecified atom stereocenters. The van der Waals surface area contributed by atoms with Crippen LogP contribution in [0.15, 0.2) is 28.7 Å². The average Bonchev–Trinajstić information content (AvgIpc) is 2.75. The smallest absolute Gasteiger partial charge is 0.137 e. The molecule has 2 heteroatoms. The van der Waals surface area contributed by atoms with Gasteiger partial charge in [-0.25, -0.2) is 0 Å². The summed E-state index contributed by atoms with van der Waals surface area (Å²) < 4.78 is 5.99. The third-order valence-electron chi connectivity index (χ3n) is 3.30. The third kappa shape index (κ3) is 2.52. The van der Waals surface area contributed by atoms with E-state index in [0.29, 0.717) is 6.04 Å². The van der Waals surface area contributed by atoms with Crippen molar-refractivity contribution < 1.29 is 4.42 Å². The minimum Gasteiger partial charge on any atom is -0.459 e. The molecule has 0 saturated carbocycles. The van der Waals surface area contributed by atoms with E-state index >= 15 is 0 Å². The molecule has 0 aliphatic carbocycles. The molecule has 0 spiro atoms. The zero-order valence-corrected chi connectivity index (χ0v) is 10.9. The minimum atomic E-state index is 0.335. The van der Waals surface area contributed by atoms with E-state index in [4.69, 9.17) is 4.42 Å². The first-order valence-electron chi connectivity index (χ1n) is 6.42. The highest BCUT2D eigenvalue weighted by Gasteiger charge is 2.14. The fraction of sp³-hybridized carbons (Fsp3) is 0.467. The molecule has 0 fully saturated rings. The molecule has 17 heavy (non-hydrogen) atoms. The highest BCUT2D eigenvalue weighted by Crippen LogP contribution is 2.28. The first-order valence-corrected chi connectivity index (χ1v) is 6.42. The molecule has 1 atom stereocenters. The molecule has 92 valence electrons. The van der Waals surface area contributed by atoms with Crippen molar-refractivity contribution in [2.75, 3.05) is 7.05 Å². The number of fused-ring (bicyclic) bond motifs is 1. The van der Waals surface area contributed by atoms with E-state index in [2.05, 4.69) is 43.4 Å². The summed E-state index contributed by atoms with van der Waals surface area (Å²) in [4.78, 5) is 0. The van der Waals surface area contributed by atoms with E-state index in [0.717, 1.165) is 17.8 Å². The normalized spacial score (nSPS) is 13.1. The largest absolute Gasteiger partial charge is 0.459 e. The predicted octanol–water partition coefficient (Wildman–Crippen LogP) is 4.19. The zero-order valence-electron chi connectivity index (χ0n) is 10.9. The summed E-state index contributed by atoms with van der Waals surface area (Å²) in [6.07, 6.45) is 3.57. The number of furan rings is 1. The molecule has 0 aliphatic heterocycles. The Balaban J connectivity index is 2.31. The zero-order chi connectivity index (χ0) is 12.3. The van der Waals surface area contributed by atoms with Crippen molar-refractivity contribution in [3.05, 3.63) is 35.6 Å². The van der Waals surface area contributed by atoms with Crippen LogP contribution >= 0.6 is 0 Å². The lowest BCUT2D eigenvalue weighted by molar-refractivity contribution is 0.423. The van der Waals surface area contributed by atoms with Crippen LogP contribution < -0.4 is 5.32 Å². The van der Waals surface area contributed by atoms with Gasteiger partial charge in [-0.1, -0.05) is 38.0 Å². The van der Waals surface area contributed by atoms with Gasteiger partial charge in [0.1, 0.15) is 11.3 Å². The van der Waals surface area contributed by atoms with E-state index in [9.17, 15) is 0 Å². The summed E-state index contributed by atoms with van der Waals surface area (Å²) in [5.41, 5.74) is 2.23. The second-order valence-corrected chi connectivity index (χ2v) is 4.63. The Hall–Kier alpha value is -1.28. The van der Waals surface area contributed by atoms with Gasteiger partial charge in [-0.3, -0.25) is 0 Å². The number of aryl methyl sites for hydroxylation is 1. The Labute approximate surface area is 103 Å². The number of para-hydroxylation sites is 1. The summed E-state index contributed by atoms with van der Waals surface area (Å²) in [5, 5.41) is 4.55. The second-order valence-electron chi connectivity index (χ2n) is 4.63. The van der Waals surface area contributed by atoms with Crippen molar-refractivity contribution in [1.29, 1.82) is 0 Å². The van der Waals surface area contributed by atoms with E-state index < -0.39 is 0 Å². The number of nitrogens with one attached hydrogen (secondary N) is 1. The van der Waals surface area contributed by atoms with Gasteiger partial charge in [0, 0.05) is 5.39 Å². The standard InChI is InChI=1S/C15H21NO/c1-4-5-9-13(16-3)14-10-12-8-6-7-11(2)15(12)17-14/h6-8,10,13,16H,4-5,9H2,1-3H3. The number of rotatable bonds is 5. The molecule has 2 rings (SSSR count). The maximum atomic E-state index is 5.99. The minimum absolute atomic E-state index is 0.335. The van der Waals surface area contributed by atoms with Crippen LogP contribution in [0.4, 0.5) is 0 Å². The SMILES string of the molecule is CCCCC(NC)c1cc2cccc(C)c2o1. The van der Waals surface area contributed by atoms with Gasteiger partial charge in [0.15, 0.2) is 0 Å². The molecule has 1 aromatic carbocycles. The molecule has 2 nitrogen and oxygen atoms in total. The van der Waals surface area contributed by atoms with Crippen LogP contribution in [0.3, 0.4) is 0 Å². The van der Waals surface area contributed by atoms with E-state index in [-0.39, 0.29) is 0 Å². The van der Waals surface area contributed by atoms with Gasteiger partial charge in [-0.15, -0.1) is 0 Å². The molecule has 0 radical (unpaired) electrons. The van der Waals surface area contributed by atoms with Crippen molar-refractivity contribution in [3.8, 4) is 0 Å². The molecular formula is C15H21NO. The first-order chi connectivity index (χ1) is 8.26. The van der Waals surface area contributed by atoms with Crippen LogP contribution in [0.1, 0.15) is 43.6 Å². The Bertz CT molecular complexity index is 487. The Kier molecular flexibility index (Phi) is 3.85. The van der Waals surface area contributed by atoms with E-state index in [1.54, 1.807) is 0 Å². The average molecular weight is 231 g/mol. The number of unbranched alkanes of at least 4 members (excludes halogenated alkanes) is 1. The summed E-state index contributed by atoms with van der Waals surface area (Å²) in [6, 6.07) is 8.79. The maximum absolute atomic E-state index is 5.99. The molecule has 0 bridgehead atoms. The van der Waals surface area contributed by atoms with Crippen molar-refractivity contribution in [2.24, 2.45) is 0 Å². The van der Waals surface area contributed by atoms with Crippen LogP contribution in [0.5, 0.6) is 0 Å². The summed E-state index contributed by atoms with van der Waals surface area (Å²) in [5.74, 6) is 1.06. The third-order valence-corrected chi connectivity index (χ3v) is 3.30. The van der Waals surface area contributed by atoms with Crippen molar-refractivity contribution in [3.63, 3.8) is 0 Å². The van der Waals surface area contributed by atoms with Gasteiger partial charge in [-0.05, 0) is 32.0 Å². The van der Waals surface area contributed by atoms with Gasteiger partial charge < -0.3 is 9.73 Å². The van der Waals surface area contributed by atoms with Crippen LogP contribution in [0.2, 0.25) is 0 Å². The van der Waals surface area contributed by atoms with E-state index in [1.165, 1.54) is 23.8 Å². The fourth-order valence-electron chi connectivity index (χ4n) is 2.24.